The van der Waals surface area contributed by atoms with Gasteiger partial charge in [-0.2, -0.15) is 0 Å². The van der Waals surface area contributed by atoms with Crippen LogP contribution in [0.25, 0.3) is 0 Å². The van der Waals surface area contributed by atoms with Gasteiger partial charge in [0.25, 0.3) is 0 Å². The minimum Gasteiger partial charge on any atom is -0.351 e. The molecular formula is C18H26N2O3S. The van der Waals surface area contributed by atoms with Crippen LogP contribution in [0.2, 0.25) is 0 Å². The zero-order chi connectivity index (χ0) is 17.4. The first kappa shape index (κ1) is 17.4. The number of nitrogens with one attached hydrogen (secondary N) is 1. The zero-order valence-corrected chi connectivity index (χ0v) is 15.2. The number of amides is 1. The first-order chi connectivity index (χ1) is 11.3. The van der Waals surface area contributed by atoms with E-state index in [-0.39, 0.29) is 29.0 Å². The Morgan fingerprint density at radius 1 is 1.25 bits per heavy atom. The van der Waals surface area contributed by atoms with Gasteiger partial charge in [0.05, 0.1) is 5.75 Å². The molecule has 2 aliphatic rings. The van der Waals surface area contributed by atoms with E-state index in [0.717, 1.165) is 19.4 Å². The second-order valence-corrected chi connectivity index (χ2v) is 9.81. The second kappa shape index (κ2) is 6.48. The Morgan fingerprint density at radius 3 is 2.50 bits per heavy atom. The third kappa shape index (κ3) is 4.16. The van der Waals surface area contributed by atoms with Crippen LogP contribution in [-0.4, -0.2) is 56.9 Å². The van der Waals surface area contributed by atoms with E-state index < -0.39 is 9.84 Å². The summed E-state index contributed by atoms with van der Waals surface area (Å²) < 4.78 is 22.9. The van der Waals surface area contributed by atoms with Crippen LogP contribution >= 0.6 is 0 Å². The van der Waals surface area contributed by atoms with E-state index in [9.17, 15) is 13.2 Å². The lowest BCUT2D eigenvalue weighted by atomic mass is 9.94. The van der Waals surface area contributed by atoms with Crippen molar-refractivity contribution in [2.24, 2.45) is 5.41 Å². The van der Waals surface area contributed by atoms with Crippen molar-refractivity contribution < 1.29 is 13.2 Å². The van der Waals surface area contributed by atoms with Crippen molar-refractivity contribution in [2.45, 2.75) is 31.7 Å². The molecule has 0 radical (unpaired) electrons. The van der Waals surface area contributed by atoms with Crippen molar-refractivity contribution in [3.8, 4) is 0 Å². The predicted molar refractivity (Wildman–Crippen MR) is 94.6 cm³/mol. The van der Waals surface area contributed by atoms with Gasteiger partial charge in [-0.3, -0.25) is 9.69 Å². The number of hydrogen-bond acceptors (Lipinski definition) is 4. The van der Waals surface area contributed by atoms with Crippen molar-refractivity contribution in [3.05, 3.63) is 35.9 Å². The molecule has 2 unspecified atom stereocenters. The molecule has 2 atom stereocenters. The molecule has 0 aromatic heterocycles. The van der Waals surface area contributed by atoms with Crippen molar-refractivity contribution >= 4 is 15.7 Å². The molecule has 132 valence electrons. The smallest absolute Gasteiger partial charge is 0.226 e. The lowest BCUT2D eigenvalue weighted by molar-refractivity contribution is -0.126. The van der Waals surface area contributed by atoms with Gasteiger partial charge in [0.2, 0.25) is 5.91 Å². The Morgan fingerprint density at radius 2 is 1.92 bits per heavy atom. The minimum absolute atomic E-state index is 0.0388. The van der Waals surface area contributed by atoms with E-state index in [1.165, 1.54) is 11.8 Å². The molecule has 5 nitrogen and oxygen atoms in total. The number of benzene rings is 1. The number of carbonyl (C=O) groups excluding carboxylic acids is 1. The molecule has 1 saturated heterocycles. The number of sulfone groups is 1. The summed E-state index contributed by atoms with van der Waals surface area (Å²) in [6.07, 6.45) is 3.18. The van der Waals surface area contributed by atoms with Crippen LogP contribution in [0.5, 0.6) is 0 Å². The Hall–Kier alpha value is -1.40. The van der Waals surface area contributed by atoms with Crippen molar-refractivity contribution in [2.75, 3.05) is 31.6 Å². The Bertz CT molecular complexity index is 698. The predicted octanol–water partition coefficient (Wildman–Crippen LogP) is 1.42. The van der Waals surface area contributed by atoms with Crippen LogP contribution in [-0.2, 0) is 14.6 Å². The van der Waals surface area contributed by atoms with Gasteiger partial charge in [0.1, 0.15) is 9.84 Å². The SMILES string of the molecule is CC1(C(=O)NC2CN(CCS(C)(=O)=O)CC2c2ccccc2)CC1. The lowest BCUT2D eigenvalue weighted by Gasteiger charge is -2.22. The topological polar surface area (TPSA) is 66.5 Å². The van der Waals surface area contributed by atoms with Crippen molar-refractivity contribution in [1.82, 2.24) is 10.2 Å². The summed E-state index contributed by atoms with van der Waals surface area (Å²) in [7, 11) is -2.98. The average molecular weight is 350 g/mol. The molecule has 1 heterocycles. The second-order valence-electron chi connectivity index (χ2n) is 7.55. The Balaban J connectivity index is 1.71. The molecule has 1 aliphatic carbocycles. The van der Waals surface area contributed by atoms with E-state index in [2.05, 4.69) is 22.3 Å². The number of rotatable bonds is 6. The Labute approximate surface area is 144 Å². The van der Waals surface area contributed by atoms with Crippen LogP contribution < -0.4 is 5.32 Å². The normalized spacial score (nSPS) is 26.2. The van der Waals surface area contributed by atoms with E-state index in [1.54, 1.807) is 0 Å². The maximum absolute atomic E-state index is 12.5. The molecule has 6 heteroatoms. The summed E-state index contributed by atoms with van der Waals surface area (Å²) in [5.41, 5.74) is 1.01. The molecule has 1 aromatic carbocycles. The van der Waals surface area contributed by atoms with Crippen LogP contribution in [0.3, 0.4) is 0 Å². The summed E-state index contributed by atoms with van der Waals surface area (Å²) in [5.74, 6) is 0.503. The highest BCUT2D eigenvalue weighted by atomic mass is 32.2. The fourth-order valence-electron chi connectivity index (χ4n) is 3.30. The molecule has 1 aliphatic heterocycles. The molecule has 1 amide bonds. The quantitative estimate of drug-likeness (QED) is 0.842. The molecule has 2 fully saturated rings. The third-order valence-electron chi connectivity index (χ3n) is 5.27. The summed E-state index contributed by atoms with van der Waals surface area (Å²) in [4.78, 5) is 14.6. The first-order valence-corrected chi connectivity index (χ1v) is 10.6. The number of hydrogen-bond donors (Lipinski definition) is 1. The molecule has 3 rings (SSSR count). The fourth-order valence-corrected chi connectivity index (χ4v) is 3.89. The van der Waals surface area contributed by atoms with Gasteiger partial charge in [0.15, 0.2) is 0 Å². The molecule has 0 spiro atoms. The summed E-state index contributed by atoms with van der Waals surface area (Å²) in [6, 6.07) is 10.2. The van der Waals surface area contributed by atoms with Gasteiger partial charge in [-0.15, -0.1) is 0 Å². The van der Waals surface area contributed by atoms with Gasteiger partial charge in [-0.05, 0) is 18.4 Å². The lowest BCUT2D eigenvalue weighted by Crippen LogP contribution is -2.43. The molecule has 24 heavy (non-hydrogen) atoms. The van der Waals surface area contributed by atoms with E-state index in [0.29, 0.717) is 13.1 Å². The highest BCUT2D eigenvalue weighted by Crippen LogP contribution is 2.45. The molecular weight excluding hydrogens is 324 g/mol. The van der Waals surface area contributed by atoms with Crippen LogP contribution in [0, 0.1) is 5.41 Å². The van der Waals surface area contributed by atoms with Crippen LogP contribution in [0.1, 0.15) is 31.2 Å². The van der Waals surface area contributed by atoms with Gasteiger partial charge >= 0.3 is 0 Å². The number of nitrogens with zero attached hydrogens (tertiary/aromatic N) is 1. The zero-order valence-electron chi connectivity index (χ0n) is 14.4. The van der Waals surface area contributed by atoms with E-state index in [1.807, 2.05) is 25.1 Å². The highest BCUT2D eigenvalue weighted by Gasteiger charge is 2.46. The van der Waals surface area contributed by atoms with Gasteiger partial charge in [-0.25, -0.2) is 8.42 Å². The minimum atomic E-state index is -2.98. The maximum atomic E-state index is 12.5. The first-order valence-electron chi connectivity index (χ1n) is 8.53. The molecule has 1 aromatic rings. The monoisotopic (exact) mass is 350 g/mol. The van der Waals surface area contributed by atoms with Gasteiger partial charge in [-0.1, -0.05) is 37.3 Å². The van der Waals surface area contributed by atoms with Crippen molar-refractivity contribution in [3.63, 3.8) is 0 Å². The summed E-state index contributed by atoms with van der Waals surface area (Å²) >= 11 is 0. The summed E-state index contributed by atoms with van der Waals surface area (Å²) in [5, 5.41) is 3.23. The fraction of sp³-hybridized carbons (Fsp3) is 0.611. The Kier molecular flexibility index (Phi) is 4.71. The van der Waals surface area contributed by atoms with E-state index in [4.69, 9.17) is 0 Å². The van der Waals surface area contributed by atoms with Crippen LogP contribution in [0.15, 0.2) is 30.3 Å². The number of likely N-dealkylation sites (tertiary alicyclic amines) is 1. The summed E-state index contributed by atoms with van der Waals surface area (Å²) in [6.45, 7) is 4.01. The highest BCUT2D eigenvalue weighted by molar-refractivity contribution is 7.90. The third-order valence-corrected chi connectivity index (χ3v) is 6.19. The van der Waals surface area contributed by atoms with Gasteiger partial charge < -0.3 is 5.32 Å². The molecule has 1 saturated carbocycles. The van der Waals surface area contributed by atoms with Crippen molar-refractivity contribution in [1.29, 1.82) is 0 Å². The van der Waals surface area contributed by atoms with Gasteiger partial charge in [0, 0.05) is 43.3 Å². The molecule has 1 N–H and O–H groups in total. The maximum Gasteiger partial charge on any atom is 0.226 e. The molecule has 0 bridgehead atoms. The largest absolute Gasteiger partial charge is 0.351 e. The van der Waals surface area contributed by atoms with Crippen LogP contribution in [0.4, 0.5) is 0 Å². The average Bonchev–Trinajstić information content (AvgIpc) is 3.16. The van der Waals surface area contributed by atoms with E-state index >= 15 is 0 Å². The standard InChI is InChI=1S/C18H26N2O3S/c1-18(8-9-18)17(21)19-16-13-20(10-11-24(2,22)23)12-15(16)14-6-4-3-5-7-14/h3-7,15-16H,8-13H2,1-2H3,(H,19,21). The number of carbonyl (C=O) groups is 1.